The van der Waals surface area contributed by atoms with Crippen LogP contribution in [0.15, 0.2) is 18.2 Å². The van der Waals surface area contributed by atoms with E-state index in [2.05, 4.69) is 0 Å². The molecule has 1 aliphatic heterocycles. The Morgan fingerprint density at radius 2 is 1.80 bits per heavy atom. The number of fused-ring (bicyclic) bond motifs is 1. The van der Waals surface area contributed by atoms with E-state index in [9.17, 15) is 14.4 Å². The fourth-order valence-electron chi connectivity index (χ4n) is 3.23. The van der Waals surface area contributed by atoms with Crippen molar-refractivity contribution in [1.29, 1.82) is 0 Å². The van der Waals surface area contributed by atoms with E-state index in [0.29, 0.717) is 11.3 Å². The van der Waals surface area contributed by atoms with Gasteiger partial charge in [0.25, 0.3) is 0 Å². The van der Waals surface area contributed by atoms with E-state index in [4.69, 9.17) is 5.11 Å². The number of rotatable bonds is 2. The standard InChI is InChI=1S/C15H15NO4/c1-8-5-6-9(7-12(8)15(19)20)16-13(17)10-3-2-4-11(10)14(16)18/h5-7,10-11H,2-4H2,1H3,(H,19,20). The highest BCUT2D eigenvalue weighted by Gasteiger charge is 2.50. The van der Waals surface area contributed by atoms with Crippen LogP contribution < -0.4 is 4.90 Å². The third-order valence-corrected chi connectivity index (χ3v) is 4.30. The van der Waals surface area contributed by atoms with Crippen LogP contribution in [0.5, 0.6) is 0 Å². The van der Waals surface area contributed by atoms with Gasteiger partial charge in [0, 0.05) is 0 Å². The van der Waals surface area contributed by atoms with Gasteiger partial charge < -0.3 is 5.11 Å². The van der Waals surface area contributed by atoms with Crippen molar-refractivity contribution < 1.29 is 19.5 Å². The van der Waals surface area contributed by atoms with Crippen LogP contribution in [0.25, 0.3) is 0 Å². The number of imide groups is 1. The molecule has 1 aliphatic carbocycles. The molecule has 5 heteroatoms. The monoisotopic (exact) mass is 273 g/mol. The second-order valence-corrected chi connectivity index (χ2v) is 5.46. The summed E-state index contributed by atoms with van der Waals surface area (Å²) in [7, 11) is 0. The summed E-state index contributed by atoms with van der Waals surface area (Å²) in [6.45, 7) is 1.69. The van der Waals surface area contributed by atoms with E-state index in [0.717, 1.165) is 19.3 Å². The molecule has 1 saturated carbocycles. The Bertz CT molecular complexity index is 600. The van der Waals surface area contributed by atoms with Crippen molar-refractivity contribution in [2.45, 2.75) is 26.2 Å². The van der Waals surface area contributed by atoms with Crippen LogP contribution in [0, 0.1) is 18.8 Å². The van der Waals surface area contributed by atoms with E-state index >= 15 is 0 Å². The smallest absolute Gasteiger partial charge is 0.336 e. The Labute approximate surface area is 116 Å². The first-order valence-electron chi connectivity index (χ1n) is 6.72. The molecule has 20 heavy (non-hydrogen) atoms. The number of benzene rings is 1. The number of carbonyl (C=O) groups excluding carboxylic acids is 2. The summed E-state index contributed by atoms with van der Waals surface area (Å²) in [6.07, 6.45) is 2.42. The summed E-state index contributed by atoms with van der Waals surface area (Å²) in [4.78, 5) is 37.0. The molecule has 1 heterocycles. The first kappa shape index (κ1) is 12.8. The van der Waals surface area contributed by atoms with Gasteiger partial charge in [-0.3, -0.25) is 14.5 Å². The lowest BCUT2D eigenvalue weighted by Crippen LogP contribution is -2.31. The van der Waals surface area contributed by atoms with E-state index in [1.165, 1.54) is 11.0 Å². The molecule has 1 N–H and O–H groups in total. The molecular weight excluding hydrogens is 258 g/mol. The Morgan fingerprint density at radius 3 is 2.35 bits per heavy atom. The van der Waals surface area contributed by atoms with E-state index in [1.807, 2.05) is 0 Å². The second kappa shape index (κ2) is 4.44. The fourth-order valence-corrected chi connectivity index (χ4v) is 3.23. The van der Waals surface area contributed by atoms with Crippen molar-refractivity contribution >= 4 is 23.5 Å². The largest absolute Gasteiger partial charge is 0.478 e. The Morgan fingerprint density at radius 1 is 1.20 bits per heavy atom. The Kier molecular flexibility index (Phi) is 2.85. The topological polar surface area (TPSA) is 74.7 Å². The van der Waals surface area contributed by atoms with Gasteiger partial charge in [0.2, 0.25) is 11.8 Å². The van der Waals surface area contributed by atoms with Gasteiger partial charge in [0.1, 0.15) is 0 Å². The van der Waals surface area contributed by atoms with Gasteiger partial charge in [-0.2, -0.15) is 0 Å². The highest BCUT2D eigenvalue weighted by molar-refractivity contribution is 6.22. The summed E-state index contributed by atoms with van der Waals surface area (Å²) in [5, 5.41) is 9.14. The molecule has 5 nitrogen and oxygen atoms in total. The lowest BCUT2D eigenvalue weighted by Gasteiger charge is -2.17. The second-order valence-electron chi connectivity index (χ2n) is 5.46. The number of amides is 2. The maximum Gasteiger partial charge on any atom is 0.336 e. The molecule has 0 spiro atoms. The Balaban J connectivity index is 2.01. The van der Waals surface area contributed by atoms with Crippen LogP contribution in [0.4, 0.5) is 5.69 Å². The molecule has 2 fully saturated rings. The number of carboxylic acids is 1. The first-order valence-corrected chi connectivity index (χ1v) is 6.72. The van der Waals surface area contributed by atoms with Crippen LogP contribution in [-0.4, -0.2) is 22.9 Å². The summed E-state index contributed by atoms with van der Waals surface area (Å²) in [5.41, 5.74) is 1.11. The normalized spacial score (nSPS) is 25.1. The maximum absolute atomic E-state index is 12.3. The van der Waals surface area contributed by atoms with Crippen molar-refractivity contribution in [3.63, 3.8) is 0 Å². The summed E-state index contributed by atoms with van der Waals surface area (Å²) < 4.78 is 0. The molecule has 0 aromatic heterocycles. The first-order chi connectivity index (χ1) is 9.50. The van der Waals surface area contributed by atoms with Crippen LogP contribution in [0.3, 0.4) is 0 Å². The summed E-state index contributed by atoms with van der Waals surface area (Å²) >= 11 is 0. The molecule has 1 saturated heterocycles. The summed E-state index contributed by atoms with van der Waals surface area (Å²) in [6, 6.07) is 4.68. The summed E-state index contributed by atoms with van der Waals surface area (Å²) in [5.74, 6) is -1.84. The highest BCUT2D eigenvalue weighted by atomic mass is 16.4. The van der Waals surface area contributed by atoms with Gasteiger partial charge in [0.15, 0.2) is 0 Å². The number of hydrogen-bond donors (Lipinski definition) is 1. The number of carboxylic acid groups (broad SMARTS) is 1. The Hall–Kier alpha value is -2.17. The zero-order valence-corrected chi connectivity index (χ0v) is 11.1. The molecule has 3 rings (SSSR count). The average molecular weight is 273 g/mol. The number of nitrogens with zero attached hydrogens (tertiary/aromatic N) is 1. The number of hydrogen-bond acceptors (Lipinski definition) is 3. The molecule has 2 amide bonds. The predicted molar refractivity (Wildman–Crippen MR) is 71.5 cm³/mol. The quantitative estimate of drug-likeness (QED) is 0.836. The van der Waals surface area contributed by atoms with Crippen LogP contribution >= 0.6 is 0 Å². The lowest BCUT2D eigenvalue weighted by molar-refractivity contribution is -0.122. The third kappa shape index (κ3) is 1.73. The third-order valence-electron chi connectivity index (χ3n) is 4.30. The minimum Gasteiger partial charge on any atom is -0.478 e. The predicted octanol–water partition coefficient (Wildman–Crippen LogP) is 1.98. The number of aryl methyl sites for hydroxylation is 1. The number of carbonyl (C=O) groups is 3. The van der Waals surface area contributed by atoms with Crippen LogP contribution in [0.1, 0.15) is 35.2 Å². The number of aromatic carboxylic acids is 1. The molecule has 1 aromatic rings. The van der Waals surface area contributed by atoms with Gasteiger partial charge in [-0.1, -0.05) is 12.5 Å². The lowest BCUT2D eigenvalue weighted by atomic mass is 10.00. The fraction of sp³-hybridized carbons (Fsp3) is 0.400. The SMILES string of the molecule is Cc1ccc(N2C(=O)C3CCCC3C2=O)cc1C(=O)O. The minimum atomic E-state index is -1.05. The average Bonchev–Trinajstić information content (AvgIpc) is 2.96. The molecule has 1 aromatic carbocycles. The van der Waals surface area contributed by atoms with Crippen LogP contribution in [-0.2, 0) is 9.59 Å². The zero-order chi connectivity index (χ0) is 14.4. The zero-order valence-electron chi connectivity index (χ0n) is 11.1. The van der Waals surface area contributed by atoms with Crippen molar-refractivity contribution in [2.75, 3.05) is 4.90 Å². The van der Waals surface area contributed by atoms with Gasteiger partial charge >= 0.3 is 5.97 Å². The van der Waals surface area contributed by atoms with E-state index in [-0.39, 0.29) is 29.2 Å². The molecule has 2 aliphatic rings. The molecule has 104 valence electrons. The molecule has 2 unspecified atom stereocenters. The van der Waals surface area contributed by atoms with Crippen molar-refractivity contribution in [3.05, 3.63) is 29.3 Å². The van der Waals surface area contributed by atoms with E-state index in [1.54, 1.807) is 19.1 Å². The van der Waals surface area contributed by atoms with E-state index < -0.39 is 5.97 Å². The molecule has 0 bridgehead atoms. The highest BCUT2D eigenvalue weighted by Crippen LogP contribution is 2.41. The van der Waals surface area contributed by atoms with Crippen molar-refractivity contribution in [2.24, 2.45) is 11.8 Å². The number of anilines is 1. The van der Waals surface area contributed by atoms with Crippen molar-refractivity contribution in [3.8, 4) is 0 Å². The van der Waals surface area contributed by atoms with Gasteiger partial charge in [-0.25, -0.2) is 4.79 Å². The van der Waals surface area contributed by atoms with Crippen molar-refractivity contribution in [1.82, 2.24) is 0 Å². The van der Waals surface area contributed by atoms with Gasteiger partial charge in [-0.15, -0.1) is 0 Å². The molecule has 2 atom stereocenters. The maximum atomic E-state index is 12.3. The minimum absolute atomic E-state index is 0.125. The molecule has 0 radical (unpaired) electrons. The van der Waals surface area contributed by atoms with Gasteiger partial charge in [0.05, 0.1) is 23.1 Å². The van der Waals surface area contributed by atoms with Crippen LogP contribution in [0.2, 0.25) is 0 Å². The molecular formula is C15H15NO4. The van der Waals surface area contributed by atoms with Gasteiger partial charge in [-0.05, 0) is 37.5 Å².